The van der Waals surface area contributed by atoms with Crippen molar-refractivity contribution in [1.82, 2.24) is 0 Å². The number of hydrogen-bond donors (Lipinski definition) is 1. The minimum atomic E-state index is 0.329. The molecular formula is C19H25NO. The fourth-order valence-corrected chi connectivity index (χ4v) is 2.71. The van der Waals surface area contributed by atoms with Gasteiger partial charge in [-0.3, -0.25) is 0 Å². The maximum atomic E-state index is 9.33. The molecule has 0 fully saturated rings. The lowest BCUT2D eigenvalue weighted by Gasteiger charge is -2.22. The number of hydrogen-bond acceptors (Lipinski definition) is 2. The van der Waals surface area contributed by atoms with Crippen LogP contribution in [0.3, 0.4) is 0 Å². The molecule has 2 rings (SSSR count). The van der Waals surface area contributed by atoms with Gasteiger partial charge in [0.1, 0.15) is 5.75 Å². The maximum Gasteiger partial charge on any atom is 0.115 e. The Morgan fingerprint density at radius 1 is 0.905 bits per heavy atom. The summed E-state index contributed by atoms with van der Waals surface area (Å²) < 4.78 is 0. The molecule has 0 aliphatic heterocycles. The SMILES string of the molecule is CCN(CC)c1ccc(C(C)Cc2ccc(O)cc2)cc1. The molecule has 0 saturated carbocycles. The van der Waals surface area contributed by atoms with Crippen molar-refractivity contribution in [2.45, 2.75) is 33.1 Å². The Kier molecular flexibility index (Phi) is 5.26. The fraction of sp³-hybridized carbons (Fsp3) is 0.368. The molecule has 21 heavy (non-hydrogen) atoms. The number of nitrogens with zero attached hydrogens (tertiary/aromatic N) is 1. The summed E-state index contributed by atoms with van der Waals surface area (Å²) in [5, 5.41) is 9.33. The third kappa shape index (κ3) is 4.01. The highest BCUT2D eigenvalue weighted by atomic mass is 16.3. The smallest absolute Gasteiger partial charge is 0.115 e. The fourth-order valence-electron chi connectivity index (χ4n) is 2.71. The summed E-state index contributed by atoms with van der Waals surface area (Å²) in [4.78, 5) is 2.36. The first kappa shape index (κ1) is 15.4. The van der Waals surface area contributed by atoms with E-state index in [1.54, 1.807) is 12.1 Å². The first-order valence-corrected chi connectivity index (χ1v) is 7.76. The lowest BCUT2D eigenvalue weighted by atomic mass is 9.93. The van der Waals surface area contributed by atoms with Gasteiger partial charge in [-0.25, -0.2) is 0 Å². The van der Waals surface area contributed by atoms with Crippen LogP contribution in [0.15, 0.2) is 48.5 Å². The highest BCUT2D eigenvalue weighted by molar-refractivity contribution is 5.48. The Balaban J connectivity index is 2.05. The van der Waals surface area contributed by atoms with E-state index in [0.717, 1.165) is 19.5 Å². The number of phenolic OH excluding ortho intramolecular Hbond substituents is 1. The van der Waals surface area contributed by atoms with E-state index in [1.165, 1.54) is 16.8 Å². The molecule has 0 saturated heterocycles. The van der Waals surface area contributed by atoms with Gasteiger partial charge in [0, 0.05) is 18.8 Å². The van der Waals surface area contributed by atoms with Crippen molar-refractivity contribution in [1.29, 1.82) is 0 Å². The van der Waals surface area contributed by atoms with Crippen LogP contribution in [0.1, 0.15) is 37.8 Å². The summed E-state index contributed by atoms with van der Waals surface area (Å²) in [6, 6.07) is 16.4. The second-order valence-corrected chi connectivity index (χ2v) is 5.54. The van der Waals surface area contributed by atoms with Crippen LogP contribution in [-0.4, -0.2) is 18.2 Å². The van der Waals surface area contributed by atoms with Crippen LogP contribution in [0.25, 0.3) is 0 Å². The van der Waals surface area contributed by atoms with Crippen LogP contribution in [-0.2, 0) is 6.42 Å². The Bertz CT molecular complexity index is 541. The van der Waals surface area contributed by atoms with Crippen molar-refractivity contribution in [3.05, 3.63) is 59.7 Å². The molecule has 2 nitrogen and oxygen atoms in total. The Hall–Kier alpha value is -1.96. The van der Waals surface area contributed by atoms with E-state index in [4.69, 9.17) is 0 Å². The number of anilines is 1. The summed E-state index contributed by atoms with van der Waals surface area (Å²) in [6.07, 6.45) is 0.991. The van der Waals surface area contributed by atoms with Gasteiger partial charge in [0.05, 0.1) is 0 Å². The molecule has 1 N–H and O–H groups in total. The standard InChI is InChI=1S/C19H25NO/c1-4-20(5-2)18-10-8-17(9-11-18)15(3)14-16-6-12-19(21)13-7-16/h6-13,15,21H,4-5,14H2,1-3H3. The molecule has 0 aromatic heterocycles. The van der Waals surface area contributed by atoms with E-state index in [-0.39, 0.29) is 0 Å². The van der Waals surface area contributed by atoms with Crippen molar-refractivity contribution >= 4 is 5.69 Å². The number of aromatic hydroxyl groups is 1. The predicted octanol–water partition coefficient (Wildman–Crippen LogP) is 4.58. The minimum absolute atomic E-state index is 0.329. The van der Waals surface area contributed by atoms with Gasteiger partial charge >= 0.3 is 0 Å². The second-order valence-electron chi connectivity index (χ2n) is 5.54. The van der Waals surface area contributed by atoms with Crippen LogP contribution in [0.5, 0.6) is 5.75 Å². The van der Waals surface area contributed by atoms with E-state index < -0.39 is 0 Å². The predicted molar refractivity (Wildman–Crippen MR) is 90.2 cm³/mol. The van der Waals surface area contributed by atoms with E-state index in [0.29, 0.717) is 11.7 Å². The summed E-state index contributed by atoms with van der Waals surface area (Å²) in [7, 11) is 0. The summed E-state index contributed by atoms with van der Waals surface area (Å²) in [5.41, 5.74) is 3.91. The zero-order valence-corrected chi connectivity index (χ0v) is 13.2. The van der Waals surface area contributed by atoms with Crippen molar-refractivity contribution < 1.29 is 5.11 Å². The Labute approximate surface area is 128 Å². The highest BCUT2D eigenvalue weighted by Crippen LogP contribution is 2.24. The van der Waals surface area contributed by atoms with Crippen molar-refractivity contribution in [3.63, 3.8) is 0 Å². The zero-order chi connectivity index (χ0) is 15.2. The minimum Gasteiger partial charge on any atom is -0.508 e. The van der Waals surface area contributed by atoms with Crippen LogP contribution >= 0.6 is 0 Å². The molecule has 1 atom stereocenters. The third-order valence-corrected chi connectivity index (χ3v) is 4.07. The largest absolute Gasteiger partial charge is 0.508 e. The normalized spacial score (nSPS) is 12.1. The zero-order valence-electron chi connectivity index (χ0n) is 13.2. The van der Waals surface area contributed by atoms with Gasteiger partial charge in [-0.05, 0) is 61.6 Å². The molecule has 2 aromatic carbocycles. The molecule has 0 aliphatic carbocycles. The molecule has 2 aromatic rings. The molecule has 112 valence electrons. The first-order chi connectivity index (χ1) is 10.1. The molecule has 2 heteroatoms. The molecule has 0 aliphatic rings. The van der Waals surface area contributed by atoms with Crippen molar-refractivity contribution in [3.8, 4) is 5.75 Å². The third-order valence-electron chi connectivity index (χ3n) is 4.07. The van der Waals surface area contributed by atoms with Crippen molar-refractivity contribution in [2.24, 2.45) is 0 Å². The topological polar surface area (TPSA) is 23.5 Å². The van der Waals surface area contributed by atoms with Gasteiger partial charge in [-0.1, -0.05) is 31.2 Å². The van der Waals surface area contributed by atoms with E-state index in [9.17, 15) is 5.11 Å². The first-order valence-electron chi connectivity index (χ1n) is 7.76. The number of benzene rings is 2. The quantitative estimate of drug-likeness (QED) is 0.838. The van der Waals surface area contributed by atoms with Crippen LogP contribution in [0.4, 0.5) is 5.69 Å². The van der Waals surface area contributed by atoms with Crippen LogP contribution in [0.2, 0.25) is 0 Å². The van der Waals surface area contributed by atoms with E-state index >= 15 is 0 Å². The highest BCUT2D eigenvalue weighted by Gasteiger charge is 2.08. The van der Waals surface area contributed by atoms with Gasteiger partial charge in [-0.2, -0.15) is 0 Å². The lowest BCUT2D eigenvalue weighted by Crippen LogP contribution is -2.21. The summed E-state index contributed by atoms with van der Waals surface area (Å²) in [5.74, 6) is 0.801. The van der Waals surface area contributed by atoms with Gasteiger partial charge in [-0.15, -0.1) is 0 Å². The molecule has 0 amide bonds. The van der Waals surface area contributed by atoms with Crippen LogP contribution < -0.4 is 4.90 Å². The lowest BCUT2D eigenvalue weighted by molar-refractivity contribution is 0.475. The summed E-state index contributed by atoms with van der Waals surface area (Å²) in [6.45, 7) is 8.70. The Morgan fingerprint density at radius 3 is 2.00 bits per heavy atom. The summed E-state index contributed by atoms with van der Waals surface area (Å²) >= 11 is 0. The molecule has 0 heterocycles. The van der Waals surface area contributed by atoms with Gasteiger partial charge < -0.3 is 10.0 Å². The van der Waals surface area contributed by atoms with Gasteiger partial charge in [0.15, 0.2) is 0 Å². The maximum absolute atomic E-state index is 9.33. The molecule has 1 unspecified atom stereocenters. The van der Waals surface area contributed by atoms with Gasteiger partial charge in [0.2, 0.25) is 0 Å². The van der Waals surface area contributed by atoms with E-state index in [1.807, 2.05) is 12.1 Å². The van der Waals surface area contributed by atoms with Crippen molar-refractivity contribution in [2.75, 3.05) is 18.0 Å². The molecular weight excluding hydrogens is 258 g/mol. The molecule has 0 spiro atoms. The Morgan fingerprint density at radius 2 is 1.48 bits per heavy atom. The van der Waals surface area contributed by atoms with Crippen LogP contribution in [0, 0.1) is 0 Å². The second kappa shape index (κ2) is 7.16. The average molecular weight is 283 g/mol. The number of phenols is 1. The molecule has 0 radical (unpaired) electrons. The van der Waals surface area contributed by atoms with Gasteiger partial charge in [0.25, 0.3) is 0 Å². The molecule has 0 bridgehead atoms. The van der Waals surface area contributed by atoms with E-state index in [2.05, 4.69) is 49.9 Å². The number of rotatable bonds is 6. The monoisotopic (exact) mass is 283 g/mol. The average Bonchev–Trinajstić information content (AvgIpc) is 2.51.